The molecule has 0 bridgehead atoms. The molecule has 0 saturated carbocycles. The zero-order chi connectivity index (χ0) is 35.0. The molecule has 0 unspecified atom stereocenters. The first-order valence-electron chi connectivity index (χ1n) is 16.2. The van der Waals surface area contributed by atoms with Gasteiger partial charge in [0.05, 0.1) is 25.9 Å². The number of thioether (sulfide) groups is 1. The van der Waals surface area contributed by atoms with Gasteiger partial charge in [-0.15, -0.1) is 23.1 Å². The van der Waals surface area contributed by atoms with Crippen LogP contribution in [0, 0.1) is 0 Å². The highest BCUT2D eigenvalue weighted by Crippen LogP contribution is 2.44. The van der Waals surface area contributed by atoms with Crippen LogP contribution in [0.1, 0.15) is 22.3 Å². The predicted octanol–water partition coefficient (Wildman–Crippen LogP) is 11.5. The highest BCUT2D eigenvalue weighted by atomic mass is 32.2. The molecule has 0 spiro atoms. The molecular formula is C42H29F3N4S2. The van der Waals surface area contributed by atoms with Crippen LogP contribution in [-0.2, 0) is 11.7 Å². The van der Waals surface area contributed by atoms with E-state index in [1.807, 2.05) is 83.9 Å². The van der Waals surface area contributed by atoms with Gasteiger partial charge in [0.25, 0.3) is 0 Å². The molecule has 0 aliphatic carbocycles. The molecule has 9 heteroatoms. The SMILES string of the molecule is CSc1ccc(-c2ncnc3ccc(-c4cn(C(c5ccccc5)(c5ccccc5)c5ccccc5)nc4-c4ccc(C(F)(F)F)cc4)cc23)s1. The van der Waals surface area contributed by atoms with Gasteiger partial charge in [-0.1, -0.05) is 109 Å². The molecule has 0 saturated heterocycles. The number of hydrogen-bond donors (Lipinski definition) is 0. The van der Waals surface area contributed by atoms with Gasteiger partial charge in [0.2, 0.25) is 0 Å². The molecule has 0 fully saturated rings. The first-order valence-corrected chi connectivity index (χ1v) is 18.2. The van der Waals surface area contributed by atoms with Gasteiger partial charge in [-0.3, -0.25) is 4.68 Å². The van der Waals surface area contributed by atoms with Crippen molar-refractivity contribution in [3.63, 3.8) is 0 Å². The van der Waals surface area contributed by atoms with Crippen LogP contribution in [0.5, 0.6) is 0 Å². The number of nitrogens with zero attached hydrogens (tertiary/aromatic N) is 4. The second-order valence-corrected chi connectivity index (χ2v) is 14.2. The summed E-state index contributed by atoms with van der Waals surface area (Å²) >= 11 is 3.36. The minimum absolute atomic E-state index is 0.550. The van der Waals surface area contributed by atoms with Gasteiger partial charge in [0, 0.05) is 22.7 Å². The summed E-state index contributed by atoms with van der Waals surface area (Å²) in [6.07, 6.45) is 1.18. The van der Waals surface area contributed by atoms with Crippen LogP contribution in [0.15, 0.2) is 162 Å². The van der Waals surface area contributed by atoms with Crippen LogP contribution in [0.3, 0.4) is 0 Å². The summed E-state index contributed by atoms with van der Waals surface area (Å²) in [7, 11) is 0. The van der Waals surface area contributed by atoms with Gasteiger partial charge < -0.3 is 0 Å². The maximum atomic E-state index is 13.7. The second-order valence-electron chi connectivity index (χ2n) is 12.0. The molecule has 0 aliphatic heterocycles. The van der Waals surface area contributed by atoms with Crippen molar-refractivity contribution in [1.29, 1.82) is 0 Å². The van der Waals surface area contributed by atoms with E-state index in [0.29, 0.717) is 11.3 Å². The molecule has 8 rings (SSSR count). The first kappa shape index (κ1) is 32.7. The van der Waals surface area contributed by atoms with Crippen molar-refractivity contribution in [3.05, 3.63) is 180 Å². The van der Waals surface area contributed by atoms with Gasteiger partial charge in [-0.05, 0) is 64.9 Å². The maximum Gasteiger partial charge on any atom is 0.416 e. The molecule has 0 aliphatic rings. The summed E-state index contributed by atoms with van der Waals surface area (Å²) < 4.78 is 44.3. The Labute approximate surface area is 301 Å². The van der Waals surface area contributed by atoms with Gasteiger partial charge in [0.1, 0.15) is 17.6 Å². The number of alkyl halides is 3. The number of halogens is 3. The van der Waals surface area contributed by atoms with E-state index in [2.05, 4.69) is 59.6 Å². The van der Waals surface area contributed by atoms with Crippen molar-refractivity contribution in [2.24, 2.45) is 0 Å². The third-order valence-electron chi connectivity index (χ3n) is 9.08. The Morgan fingerprint density at radius 2 is 1.20 bits per heavy atom. The van der Waals surface area contributed by atoms with Gasteiger partial charge in [-0.25, -0.2) is 9.97 Å². The topological polar surface area (TPSA) is 43.6 Å². The Morgan fingerprint density at radius 3 is 1.75 bits per heavy atom. The highest BCUT2D eigenvalue weighted by molar-refractivity contribution is 8.00. The number of benzene rings is 5. The van der Waals surface area contributed by atoms with Crippen molar-refractivity contribution < 1.29 is 13.2 Å². The molecule has 0 radical (unpaired) electrons. The lowest BCUT2D eigenvalue weighted by Gasteiger charge is -2.36. The normalized spacial score (nSPS) is 12.0. The lowest BCUT2D eigenvalue weighted by molar-refractivity contribution is -0.137. The Hall–Kier alpha value is -5.51. The Balaban J connectivity index is 1.42. The quantitative estimate of drug-likeness (QED) is 0.116. The minimum Gasteiger partial charge on any atom is -0.252 e. The van der Waals surface area contributed by atoms with E-state index < -0.39 is 17.3 Å². The van der Waals surface area contributed by atoms with Crippen LogP contribution in [0.4, 0.5) is 13.2 Å². The Morgan fingerprint density at radius 1 is 0.608 bits per heavy atom. The second kappa shape index (κ2) is 13.3. The maximum absolute atomic E-state index is 13.7. The predicted molar refractivity (Wildman–Crippen MR) is 201 cm³/mol. The average Bonchev–Trinajstić information content (AvgIpc) is 3.84. The number of thiophene rings is 1. The molecule has 3 heterocycles. The van der Waals surface area contributed by atoms with Crippen LogP contribution in [0.2, 0.25) is 0 Å². The number of hydrogen-bond acceptors (Lipinski definition) is 5. The molecule has 3 aromatic heterocycles. The zero-order valence-electron chi connectivity index (χ0n) is 27.3. The van der Waals surface area contributed by atoms with E-state index in [1.165, 1.54) is 16.3 Å². The van der Waals surface area contributed by atoms with Crippen LogP contribution < -0.4 is 0 Å². The van der Waals surface area contributed by atoms with Crippen LogP contribution >= 0.6 is 23.1 Å². The van der Waals surface area contributed by atoms with E-state index in [-0.39, 0.29) is 0 Å². The molecule has 51 heavy (non-hydrogen) atoms. The summed E-state index contributed by atoms with van der Waals surface area (Å²) in [5, 5.41) is 6.20. The molecule has 5 aromatic carbocycles. The fourth-order valence-electron chi connectivity index (χ4n) is 6.70. The largest absolute Gasteiger partial charge is 0.416 e. The van der Waals surface area contributed by atoms with Crippen molar-refractivity contribution in [3.8, 4) is 33.0 Å². The average molecular weight is 711 g/mol. The number of rotatable bonds is 8. The number of aromatic nitrogens is 4. The summed E-state index contributed by atoms with van der Waals surface area (Å²) in [6, 6.07) is 45.9. The number of fused-ring (bicyclic) bond motifs is 1. The van der Waals surface area contributed by atoms with E-state index in [4.69, 9.17) is 10.1 Å². The fourth-order valence-corrected chi connectivity index (χ4v) is 8.25. The van der Waals surface area contributed by atoms with E-state index in [0.717, 1.165) is 61.4 Å². The van der Waals surface area contributed by atoms with Crippen molar-refractivity contribution in [2.45, 2.75) is 15.9 Å². The minimum atomic E-state index is -4.46. The summed E-state index contributed by atoms with van der Waals surface area (Å²) in [5.74, 6) is 0. The summed E-state index contributed by atoms with van der Waals surface area (Å²) in [5.41, 5.74) is 5.61. The van der Waals surface area contributed by atoms with E-state index in [9.17, 15) is 13.2 Å². The molecule has 0 atom stereocenters. The molecule has 250 valence electrons. The summed E-state index contributed by atoms with van der Waals surface area (Å²) in [4.78, 5) is 10.3. The molecule has 0 N–H and O–H groups in total. The van der Waals surface area contributed by atoms with Gasteiger partial charge in [-0.2, -0.15) is 18.3 Å². The molecule has 0 amide bonds. The van der Waals surface area contributed by atoms with Crippen molar-refractivity contribution >= 4 is 34.0 Å². The third-order valence-corrected chi connectivity index (χ3v) is 11.3. The lowest BCUT2D eigenvalue weighted by Crippen LogP contribution is -2.38. The van der Waals surface area contributed by atoms with Gasteiger partial charge >= 0.3 is 6.18 Å². The highest BCUT2D eigenvalue weighted by Gasteiger charge is 2.40. The monoisotopic (exact) mass is 710 g/mol. The molecule has 8 aromatic rings. The standard InChI is InChI=1S/C42H29F3N4S2/c1-50-38-24-23-37(51-38)40-34-25-29(19-22-36(34)46-27-47-40)35-26-49(48-39(35)28-17-20-33(21-18-28)42(43,44)45)41(30-11-5-2-6-12-30,31-13-7-3-8-14-31)32-15-9-4-10-16-32/h2-27H,1H3. The van der Waals surface area contributed by atoms with E-state index >= 15 is 0 Å². The first-order chi connectivity index (χ1) is 24.9. The van der Waals surface area contributed by atoms with Gasteiger partial charge in [0.15, 0.2) is 0 Å². The lowest BCUT2D eigenvalue weighted by atomic mass is 9.77. The smallest absolute Gasteiger partial charge is 0.252 e. The third kappa shape index (κ3) is 5.92. The Bertz CT molecular complexity index is 2340. The fraction of sp³-hybridized carbons (Fsp3) is 0.0714. The van der Waals surface area contributed by atoms with Crippen molar-refractivity contribution in [1.82, 2.24) is 19.7 Å². The van der Waals surface area contributed by atoms with Crippen LogP contribution in [0.25, 0.3) is 43.9 Å². The molecule has 4 nitrogen and oxygen atoms in total. The van der Waals surface area contributed by atoms with Crippen molar-refractivity contribution in [2.75, 3.05) is 6.26 Å². The van der Waals surface area contributed by atoms with E-state index in [1.54, 1.807) is 29.4 Å². The molecular weight excluding hydrogens is 682 g/mol. The summed E-state index contributed by atoms with van der Waals surface area (Å²) in [6.45, 7) is 0. The Kier molecular flexibility index (Phi) is 8.53. The van der Waals surface area contributed by atoms with Crippen LogP contribution in [-0.4, -0.2) is 26.0 Å². The zero-order valence-corrected chi connectivity index (χ0v) is 28.9.